The third-order valence-corrected chi connectivity index (χ3v) is 4.78. The van der Waals surface area contributed by atoms with E-state index in [9.17, 15) is 9.59 Å². The maximum absolute atomic E-state index is 12.3. The fourth-order valence-electron chi connectivity index (χ4n) is 2.34. The van der Waals surface area contributed by atoms with Gasteiger partial charge in [-0.1, -0.05) is 23.7 Å². The number of aromatic nitrogens is 1. The minimum absolute atomic E-state index is 0.0821. The van der Waals surface area contributed by atoms with Gasteiger partial charge in [-0.05, 0) is 24.3 Å². The van der Waals surface area contributed by atoms with E-state index in [0.29, 0.717) is 21.7 Å². The first-order valence-corrected chi connectivity index (χ1v) is 9.09. The number of hydrogen-bond donors (Lipinski definition) is 1. The second-order valence-corrected chi connectivity index (χ2v) is 6.75. The number of benzene rings is 1. The Morgan fingerprint density at radius 2 is 2.12 bits per heavy atom. The molecule has 0 spiro atoms. The fraction of sp³-hybridized carbons (Fsp3) is 0.167. The number of anilines is 1. The number of nitrogens with zero attached hydrogens (tertiary/aromatic N) is 1. The lowest BCUT2D eigenvalue weighted by Gasteiger charge is -2.06. The molecule has 0 bridgehead atoms. The van der Waals surface area contributed by atoms with Gasteiger partial charge in [0.05, 0.1) is 22.5 Å². The van der Waals surface area contributed by atoms with Gasteiger partial charge in [-0.15, -0.1) is 11.8 Å². The third kappa shape index (κ3) is 4.00. The summed E-state index contributed by atoms with van der Waals surface area (Å²) >= 11 is 7.69. The SMILES string of the molecule is COC(=O)c1oc2cccc(Cl)c2c1NC(=O)CCSc1ccccn1. The van der Waals surface area contributed by atoms with Crippen LogP contribution in [0.5, 0.6) is 0 Å². The average Bonchev–Trinajstić information content (AvgIpc) is 3.01. The van der Waals surface area contributed by atoms with Crippen LogP contribution < -0.4 is 5.32 Å². The molecule has 0 aliphatic heterocycles. The molecule has 1 N–H and O–H groups in total. The predicted octanol–water partition coefficient (Wildman–Crippen LogP) is 4.39. The highest BCUT2D eigenvalue weighted by atomic mass is 35.5. The Hall–Kier alpha value is -2.51. The quantitative estimate of drug-likeness (QED) is 0.496. The van der Waals surface area contributed by atoms with Crippen LogP contribution in [0.3, 0.4) is 0 Å². The van der Waals surface area contributed by atoms with Gasteiger partial charge in [0, 0.05) is 18.4 Å². The van der Waals surface area contributed by atoms with Crippen LogP contribution in [-0.4, -0.2) is 29.7 Å². The van der Waals surface area contributed by atoms with Crippen LogP contribution >= 0.6 is 23.4 Å². The Balaban J connectivity index is 1.76. The first kappa shape index (κ1) is 18.3. The number of pyridine rings is 1. The van der Waals surface area contributed by atoms with Gasteiger partial charge in [0.25, 0.3) is 0 Å². The Kier molecular flexibility index (Phi) is 5.80. The van der Waals surface area contributed by atoms with Gasteiger partial charge in [-0.25, -0.2) is 9.78 Å². The van der Waals surface area contributed by atoms with E-state index in [2.05, 4.69) is 10.3 Å². The van der Waals surface area contributed by atoms with Gasteiger partial charge >= 0.3 is 5.97 Å². The number of amides is 1. The minimum atomic E-state index is -0.685. The molecule has 0 aliphatic rings. The fourth-order valence-corrected chi connectivity index (χ4v) is 3.41. The number of nitrogens with one attached hydrogen (secondary N) is 1. The maximum atomic E-state index is 12.3. The number of hydrogen-bond acceptors (Lipinski definition) is 6. The summed E-state index contributed by atoms with van der Waals surface area (Å²) < 4.78 is 10.2. The lowest BCUT2D eigenvalue weighted by atomic mass is 10.2. The molecule has 0 saturated carbocycles. The molecule has 2 heterocycles. The summed E-state index contributed by atoms with van der Waals surface area (Å²) in [4.78, 5) is 28.5. The van der Waals surface area contributed by atoms with E-state index >= 15 is 0 Å². The molecule has 0 unspecified atom stereocenters. The number of esters is 1. The maximum Gasteiger partial charge on any atom is 0.376 e. The van der Waals surface area contributed by atoms with Gasteiger partial charge in [0.1, 0.15) is 11.3 Å². The summed E-state index contributed by atoms with van der Waals surface area (Å²) in [6.07, 6.45) is 1.93. The minimum Gasteiger partial charge on any atom is -0.463 e. The first-order valence-electron chi connectivity index (χ1n) is 7.73. The van der Waals surface area contributed by atoms with Crippen LogP contribution in [0.1, 0.15) is 17.0 Å². The smallest absolute Gasteiger partial charge is 0.376 e. The molecule has 6 nitrogen and oxygen atoms in total. The second-order valence-electron chi connectivity index (χ2n) is 5.23. The number of furan rings is 1. The van der Waals surface area contributed by atoms with Crippen molar-refractivity contribution in [1.82, 2.24) is 4.98 Å². The summed E-state index contributed by atoms with van der Waals surface area (Å²) in [6.45, 7) is 0. The molecule has 26 heavy (non-hydrogen) atoms. The normalized spacial score (nSPS) is 10.7. The molecule has 2 aromatic heterocycles. The summed E-state index contributed by atoms with van der Waals surface area (Å²) in [6, 6.07) is 10.6. The van der Waals surface area contributed by atoms with Crippen LogP contribution in [0.4, 0.5) is 5.69 Å². The lowest BCUT2D eigenvalue weighted by molar-refractivity contribution is -0.115. The van der Waals surface area contributed by atoms with E-state index in [0.717, 1.165) is 5.03 Å². The molecule has 0 aliphatic carbocycles. The zero-order valence-corrected chi connectivity index (χ0v) is 15.4. The van der Waals surface area contributed by atoms with Crippen molar-refractivity contribution in [2.24, 2.45) is 0 Å². The lowest BCUT2D eigenvalue weighted by Crippen LogP contribution is -2.14. The Morgan fingerprint density at radius 1 is 1.27 bits per heavy atom. The number of carbonyl (C=O) groups excluding carboxylic acids is 2. The number of ether oxygens (including phenoxy) is 1. The molecule has 0 radical (unpaired) electrons. The first-order chi connectivity index (χ1) is 12.6. The van der Waals surface area contributed by atoms with E-state index < -0.39 is 5.97 Å². The summed E-state index contributed by atoms with van der Waals surface area (Å²) in [5, 5.41) is 4.41. The highest BCUT2D eigenvalue weighted by molar-refractivity contribution is 7.99. The molecule has 3 rings (SSSR count). The van der Waals surface area contributed by atoms with Crippen molar-refractivity contribution in [3.05, 3.63) is 53.4 Å². The molecule has 1 aromatic carbocycles. The van der Waals surface area contributed by atoms with E-state index in [4.69, 9.17) is 20.8 Å². The van der Waals surface area contributed by atoms with Crippen molar-refractivity contribution in [1.29, 1.82) is 0 Å². The van der Waals surface area contributed by atoms with E-state index in [-0.39, 0.29) is 23.8 Å². The van der Waals surface area contributed by atoms with Crippen LogP contribution in [0, 0.1) is 0 Å². The Bertz CT molecular complexity index is 943. The van der Waals surface area contributed by atoms with E-state index in [1.807, 2.05) is 18.2 Å². The van der Waals surface area contributed by atoms with Crippen molar-refractivity contribution >= 4 is 51.9 Å². The number of methoxy groups -OCH3 is 1. The largest absolute Gasteiger partial charge is 0.463 e. The summed E-state index contributed by atoms with van der Waals surface area (Å²) in [7, 11) is 1.24. The zero-order valence-electron chi connectivity index (χ0n) is 13.8. The van der Waals surface area contributed by atoms with Crippen molar-refractivity contribution in [2.75, 3.05) is 18.2 Å². The topological polar surface area (TPSA) is 81.4 Å². The highest BCUT2D eigenvalue weighted by Crippen LogP contribution is 2.36. The van der Waals surface area contributed by atoms with Crippen LogP contribution in [-0.2, 0) is 9.53 Å². The average molecular weight is 391 g/mol. The predicted molar refractivity (Wildman–Crippen MR) is 101 cm³/mol. The molecule has 8 heteroatoms. The Labute approximate surface area is 158 Å². The molecule has 0 fully saturated rings. The number of rotatable bonds is 6. The number of carbonyl (C=O) groups is 2. The van der Waals surface area contributed by atoms with Crippen molar-refractivity contribution in [2.45, 2.75) is 11.4 Å². The Morgan fingerprint density at radius 3 is 2.85 bits per heavy atom. The molecule has 134 valence electrons. The number of fused-ring (bicyclic) bond motifs is 1. The van der Waals surface area contributed by atoms with Crippen LogP contribution in [0.15, 0.2) is 52.0 Å². The van der Waals surface area contributed by atoms with Gasteiger partial charge in [-0.3, -0.25) is 4.79 Å². The van der Waals surface area contributed by atoms with Gasteiger partial charge in [-0.2, -0.15) is 0 Å². The van der Waals surface area contributed by atoms with E-state index in [1.54, 1.807) is 24.4 Å². The summed E-state index contributed by atoms with van der Waals surface area (Å²) in [5.74, 6) is -0.488. The van der Waals surface area contributed by atoms with Gasteiger partial charge in [0.15, 0.2) is 0 Å². The molecule has 3 aromatic rings. The number of halogens is 1. The third-order valence-electron chi connectivity index (χ3n) is 3.52. The van der Waals surface area contributed by atoms with Crippen molar-refractivity contribution < 1.29 is 18.7 Å². The zero-order chi connectivity index (χ0) is 18.5. The standard InChI is InChI=1S/C18H15ClN2O4S/c1-24-18(23)17-16(15-11(19)5-4-6-12(15)25-17)21-13(22)8-10-26-14-7-2-3-9-20-14/h2-7,9H,8,10H2,1H3,(H,21,22). The molecular weight excluding hydrogens is 376 g/mol. The van der Waals surface area contributed by atoms with Crippen molar-refractivity contribution in [3.8, 4) is 0 Å². The van der Waals surface area contributed by atoms with Crippen molar-refractivity contribution in [3.63, 3.8) is 0 Å². The van der Waals surface area contributed by atoms with Crippen LogP contribution in [0.2, 0.25) is 5.02 Å². The second kappa shape index (κ2) is 8.25. The highest BCUT2D eigenvalue weighted by Gasteiger charge is 2.24. The molecule has 0 atom stereocenters. The van der Waals surface area contributed by atoms with Crippen LogP contribution in [0.25, 0.3) is 11.0 Å². The monoisotopic (exact) mass is 390 g/mol. The van der Waals surface area contributed by atoms with Gasteiger partial charge in [0.2, 0.25) is 11.7 Å². The molecule has 1 amide bonds. The van der Waals surface area contributed by atoms with Gasteiger partial charge < -0.3 is 14.5 Å². The molecule has 0 saturated heterocycles. The number of thioether (sulfide) groups is 1. The van der Waals surface area contributed by atoms with E-state index in [1.165, 1.54) is 18.9 Å². The molecular formula is C18H15ClN2O4S. The summed E-state index contributed by atoms with van der Waals surface area (Å²) in [5.41, 5.74) is 0.626.